The molecule has 1 heterocycles. The summed E-state index contributed by atoms with van der Waals surface area (Å²) < 4.78 is 2.59. The Balaban J connectivity index is 1.74. The zero-order chi connectivity index (χ0) is 17.1. The van der Waals surface area contributed by atoms with Crippen LogP contribution < -0.4 is 5.43 Å². The summed E-state index contributed by atoms with van der Waals surface area (Å²) in [5.41, 5.74) is 5.84. The van der Waals surface area contributed by atoms with Crippen molar-refractivity contribution in [3.63, 3.8) is 0 Å². The smallest absolute Gasteiger partial charge is 0.264 e. The largest absolute Gasteiger partial charge is 0.271 e. The number of carbonyl (C=O) groups excluding carboxylic acids is 1. The fraction of sp³-hybridized carbons (Fsp3) is 0.176. The summed E-state index contributed by atoms with van der Waals surface area (Å²) in [5.74, 6) is -0.248. The first kappa shape index (κ1) is 16.3. The Morgan fingerprint density at radius 1 is 1.21 bits per heavy atom. The van der Waals surface area contributed by atoms with Crippen molar-refractivity contribution in [2.75, 3.05) is 0 Å². The highest BCUT2D eigenvalue weighted by Crippen LogP contribution is 2.15. The molecule has 1 N–H and O–H groups in total. The van der Waals surface area contributed by atoms with Crippen molar-refractivity contribution in [2.24, 2.45) is 5.10 Å². The van der Waals surface area contributed by atoms with E-state index in [1.54, 1.807) is 11.6 Å². The second-order valence-electron chi connectivity index (χ2n) is 5.38. The van der Waals surface area contributed by atoms with Gasteiger partial charge in [0.15, 0.2) is 0 Å². The maximum atomic E-state index is 12.4. The standard InChI is InChI=1S/C17H16BrN5O/c1-11(13-7-9-14(18)10-8-13)19-21-17(24)12(2)23-16-6-4-3-5-15(16)20-22-23/h3-10,12H,1-2H3,(H,21,24)/t12-/m0/s1. The molecule has 0 aliphatic carbocycles. The topological polar surface area (TPSA) is 72.2 Å². The Bertz CT molecular complexity index is 901. The molecule has 7 heteroatoms. The molecule has 0 bridgehead atoms. The van der Waals surface area contributed by atoms with Crippen LogP contribution in [-0.2, 0) is 4.79 Å². The van der Waals surface area contributed by atoms with Crippen molar-refractivity contribution >= 4 is 38.6 Å². The number of rotatable bonds is 4. The quantitative estimate of drug-likeness (QED) is 0.553. The maximum absolute atomic E-state index is 12.4. The molecular formula is C17H16BrN5O. The van der Waals surface area contributed by atoms with E-state index in [2.05, 4.69) is 36.8 Å². The van der Waals surface area contributed by atoms with E-state index < -0.39 is 6.04 Å². The van der Waals surface area contributed by atoms with Gasteiger partial charge in [0.2, 0.25) is 0 Å². The number of aromatic nitrogens is 3. The van der Waals surface area contributed by atoms with Gasteiger partial charge in [-0.15, -0.1) is 5.10 Å². The lowest BCUT2D eigenvalue weighted by Crippen LogP contribution is -2.28. The van der Waals surface area contributed by atoms with Crippen LogP contribution in [0.5, 0.6) is 0 Å². The fourth-order valence-corrected chi connectivity index (χ4v) is 2.54. The van der Waals surface area contributed by atoms with Crippen LogP contribution >= 0.6 is 15.9 Å². The van der Waals surface area contributed by atoms with Gasteiger partial charge in [-0.3, -0.25) is 4.79 Å². The van der Waals surface area contributed by atoms with Gasteiger partial charge in [0.25, 0.3) is 5.91 Å². The Morgan fingerprint density at radius 2 is 1.92 bits per heavy atom. The molecule has 0 spiro atoms. The zero-order valence-electron chi connectivity index (χ0n) is 13.3. The number of hydrazone groups is 1. The van der Waals surface area contributed by atoms with Gasteiger partial charge >= 0.3 is 0 Å². The predicted octanol–water partition coefficient (Wildman–Crippen LogP) is 3.30. The molecule has 122 valence electrons. The van der Waals surface area contributed by atoms with Gasteiger partial charge in [0.05, 0.1) is 11.2 Å². The summed E-state index contributed by atoms with van der Waals surface area (Å²) in [6.45, 7) is 3.61. The first-order valence-corrected chi connectivity index (χ1v) is 8.25. The van der Waals surface area contributed by atoms with Crippen LogP contribution in [0, 0.1) is 0 Å². The Labute approximate surface area is 147 Å². The van der Waals surface area contributed by atoms with Crippen LogP contribution in [0.1, 0.15) is 25.5 Å². The third-order valence-electron chi connectivity index (χ3n) is 3.72. The summed E-state index contributed by atoms with van der Waals surface area (Å²) in [6.07, 6.45) is 0. The molecule has 1 atom stereocenters. The van der Waals surface area contributed by atoms with Crippen molar-refractivity contribution in [3.05, 3.63) is 58.6 Å². The molecule has 1 amide bonds. The number of para-hydroxylation sites is 1. The molecule has 0 aliphatic rings. The minimum Gasteiger partial charge on any atom is -0.271 e. The molecular weight excluding hydrogens is 370 g/mol. The van der Waals surface area contributed by atoms with Crippen LogP contribution in [0.4, 0.5) is 0 Å². The monoisotopic (exact) mass is 385 g/mol. The number of hydrogen-bond donors (Lipinski definition) is 1. The first-order chi connectivity index (χ1) is 11.6. The van der Waals surface area contributed by atoms with Crippen molar-refractivity contribution in [1.82, 2.24) is 20.4 Å². The third kappa shape index (κ3) is 3.35. The lowest BCUT2D eigenvalue weighted by atomic mass is 10.1. The Kier molecular flexibility index (Phi) is 4.71. The van der Waals surface area contributed by atoms with E-state index in [0.29, 0.717) is 0 Å². The first-order valence-electron chi connectivity index (χ1n) is 7.46. The number of amides is 1. The minimum atomic E-state index is -0.515. The molecule has 0 aliphatic heterocycles. The van der Waals surface area contributed by atoms with Crippen molar-refractivity contribution < 1.29 is 4.79 Å². The van der Waals surface area contributed by atoms with E-state index in [9.17, 15) is 4.79 Å². The summed E-state index contributed by atoms with van der Waals surface area (Å²) >= 11 is 3.39. The molecule has 0 saturated heterocycles. The van der Waals surface area contributed by atoms with Gasteiger partial charge in [-0.25, -0.2) is 10.1 Å². The highest BCUT2D eigenvalue weighted by atomic mass is 79.9. The summed E-state index contributed by atoms with van der Waals surface area (Å²) in [4.78, 5) is 12.4. The van der Waals surface area contributed by atoms with E-state index in [0.717, 1.165) is 26.8 Å². The molecule has 0 radical (unpaired) electrons. The Hall–Kier alpha value is -2.54. The maximum Gasteiger partial charge on any atom is 0.264 e. The van der Waals surface area contributed by atoms with Gasteiger partial charge in [0.1, 0.15) is 11.6 Å². The number of benzene rings is 2. The van der Waals surface area contributed by atoms with E-state index >= 15 is 0 Å². The molecule has 6 nitrogen and oxygen atoms in total. The second-order valence-corrected chi connectivity index (χ2v) is 6.29. The molecule has 3 rings (SSSR count). The molecule has 3 aromatic rings. The van der Waals surface area contributed by atoms with Crippen molar-refractivity contribution in [1.29, 1.82) is 0 Å². The fourth-order valence-electron chi connectivity index (χ4n) is 2.27. The van der Waals surface area contributed by atoms with Crippen LogP contribution in [0.15, 0.2) is 58.1 Å². The number of nitrogens with zero attached hydrogens (tertiary/aromatic N) is 4. The van der Waals surface area contributed by atoms with Gasteiger partial charge in [0, 0.05) is 4.47 Å². The summed E-state index contributed by atoms with van der Waals surface area (Å²) in [5, 5.41) is 12.3. The normalized spacial score (nSPS) is 13.0. The highest BCUT2D eigenvalue weighted by molar-refractivity contribution is 9.10. The van der Waals surface area contributed by atoms with Gasteiger partial charge < -0.3 is 0 Å². The SMILES string of the molecule is CC(=NNC(=O)[C@H](C)n1nnc2ccccc21)c1ccc(Br)cc1. The molecule has 0 saturated carbocycles. The van der Waals surface area contributed by atoms with Crippen molar-refractivity contribution in [2.45, 2.75) is 19.9 Å². The minimum absolute atomic E-state index is 0.248. The zero-order valence-corrected chi connectivity index (χ0v) is 14.9. The van der Waals surface area contributed by atoms with Gasteiger partial charge in [-0.2, -0.15) is 5.10 Å². The van der Waals surface area contributed by atoms with E-state index in [1.165, 1.54) is 0 Å². The average molecular weight is 386 g/mol. The lowest BCUT2D eigenvalue weighted by molar-refractivity contribution is -0.124. The van der Waals surface area contributed by atoms with E-state index in [-0.39, 0.29) is 5.91 Å². The highest BCUT2D eigenvalue weighted by Gasteiger charge is 2.18. The number of hydrogen-bond acceptors (Lipinski definition) is 4. The predicted molar refractivity (Wildman–Crippen MR) is 96.7 cm³/mol. The molecule has 24 heavy (non-hydrogen) atoms. The molecule has 1 aromatic heterocycles. The average Bonchev–Trinajstić information content (AvgIpc) is 3.03. The molecule has 0 unspecified atom stereocenters. The Morgan fingerprint density at radius 3 is 2.67 bits per heavy atom. The van der Waals surface area contributed by atoms with Gasteiger partial charge in [-0.05, 0) is 43.7 Å². The molecule has 0 fully saturated rings. The third-order valence-corrected chi connectivity index (χ3v) is 4.25. The van der Waals surface area contributed by atoms with Crippen LogP contribution in [0.25, 0.3) is 11.0 Å². The van der Waals surface area contributed by atoms with E-state index in [1.807, 2.05) is 55.5 Å². The van der Waals surface area contributed by atoms with Crippen LogP contribution in [0.2, 0.25) is 0 Å². The second kappa shape index (κ2) is 6.92. The van der Waals surface area contributed by atoms with Crippen LogP contribution in [0.3, 0.4) is 0 Å². The number of halogens is 1. The van der Waals surface area contributed by atoms with Gasteiger partial charge in [-0.1, -0.05) is 45.4 Å². The lowest BCUT2D eigenvalue weighted by Gasteiger charge is -2.11. The number of nitrogens with one attached hydrogen (secondary N) is 1. The summed E-state index contributed by atoms with van der Waals surface area (Å²) in [7, 11) is 0. The van der Waals surface area contributed by atoms with Crippen molar-refractivity contribution in [3.8, 4) is 0 Å². The molecule has 2 aromatic carbocycles. The number of carbonyl (C=O) groups is 1. The number of fused-ring (bicyclic) bond motifs is 1. The summed E-state index contributed by atoms with van der Waals surface area (Å²) in [6, 6.07) is 14.7. The van der Waals surface area contributed by atoms with E-state index in [4.69, 9.17) is 0 Å². The van der Waals surface area contributed by atoms with Crippen LogP contribution in [-0.4, -0.2) is 26.6 Å².